The van der Waals surface area contributed by atoms with Crippen LogP contribution in [0.2, 0.25) is 0 Å². The van der Waals surface area contributed by atoms with E-state index in [1.165, 1.54) is 0 Å². The van der Waals surface area contributed by atoms with Crippen LogP contribution in [0.1, 0.15) is 6.42 Å². The van der Waals surface area contributed by atoms with Crippen molar-refractivity contribution in [2.75, 3.05) is 39.4 Å². The number of nitrogens with one attached hydrogen (secondary N) is 2. The lowest BCUT2D eigenvalue weighted by Crippen LogP contribution is -2.70. The minimum absolute atomic E-state index is 0.0147. The van der Waals surface area contributed by atoms with Gasteiger partial charge in [-0.15, -0.1) is 0 Å². The van der Waals surface area contributed by atoms with Crippen LogP contribution in [0.25, 0.3) is 0 Å². The molecule has 0 spiro atoms. The zero-order valence-electron chi connectivity index (χ0n) is 22.7. The van der Waals surface area contributed by atoms with Crippen LogP contribution in [0.15, 0.2) is 0 Å². The first-order valence-electron chi connectivity index (χ1n) is 13.8. The summed E-state index contributed by atoms with van der Waals surface area (Å²) in [4.78, 5) is 0. The highest BCUT2D eigenvalue weighted by atomic mass is 16.7. The molecule has 0 aromatic carbocycles. The van der Waals surface area contributed by atoms with Crippen LogP contribution in [0.3, 0.4) is 0 Å². The third kappa shape index (κ3) is 8.26. The smallest absolute Gasteiger partial charge is 0.186 e. The quantitative estimate of drug-likeness (QED) is 0.0872. The van der Waals surface area contributed by atoms with Crippen molar-refractivity contribution >= 4 is 0 Å². The van der Waals surface area contributed by atoms with Crippen molar-refractivity contribution in [3.63, 3.8) is 0 Å². The summed E-state index contributed by atoms with van der Waals surface area (Å²) in [6.07, 6.45) is -15.4. The summed E-state index contributed by atoms with van der Waals surface area (Å²) in [7, 11) is 0. The SMILES string of the molecule is NCC(O)CN[C@@H]1C[C@H](N)C(O[C@H]2O[C@H](CNCCO)[C@@H](O)[C@H](O)[C@H]2N)[C@H](O)[C@H]1O[C@H]1O[C@H](CO)[C@@H](O)[C@H](N)[C@H]1O. The molecule has 0 aromatic rings. The summed E-state index contributed by atoms with van der Waals surface area (Å²) in [6.45, 7) is -0.530. The molecule has 0 radical (unpaired) electrons. The maximum atomic E-state index is 11.5. The van der Waals surface area contributed by atoms with Crippen molar-refractivity contribution < 1.29 is 59.8 Å². The molecule has 3 aliphatic rings. The molecular formula is C23H48N6O12. The third-order valence-corrected chi connectivity index (χ3v) is 7.81. The second kappa shape index (κ2) is 15.8. The first-order valence-corrected chi connectivity index (χ1v) is 13.8. The van der Waals surface area contributed by atoms with Gasteiger partial charge in [0, 0.05) is 38.3 Å². The van der Waals surface area contributed by atoms with E-state index < -0.39 is 104 Å². The van der Waals surface area contributed by atoms with Gasteiger partial charge in [-0.1, -0.05) is 0 Å². The summed E-state index contributed by atoms with van der Waals surface area (Å²) in [5.74, 6) is 0. The lowest BCUT2D eigenvalue weighted by molar-refractivity contribution is -0.320. The number of hydrogen-bond acceptors (Lipinski definition) is 18. The first kappa shape index (κ1) is 34.8. The number of hydrogen-bond donors (Lipinski definition) is 14. The number of ether oxygens (including phenoxy) is 4. The van der Waals surface area contributed by atoms with E-state index in [-0.39, 0.29) is 39.2 Å². The second-order valence-corrected chi connectivity index (χ2v) is 10.8. The zero-order valence-corrected chi connectivity index (χ0v) is 22.7. The molecule has 0 aromatic heterocycles. The van der Waals surface area contributed by atoms with Gasteiger partial charge >= 0.3 is 0 Å². The molecule has 0 bridgehead atoms. The highest BCUT2D eigenvalue weighted by molar-refractivity contribution is 5.03. The molecule has 2 heterocycles. The molecule has 1 aliphatic carbocycles. The molecule has 2 unspecified atom stereocenters. The van der Waals surface area contributed by atoms with Crippen molar-refractivity contribution in [3.8, 4) is 0 Å². The molecule has 2 aliphatic heterocycles. The average molecular weight is 601 g/mol. The Kier molecular flexibility index (Phi) is 13.4. The van der Waals surface area contributed by atoms with Crippen molar-refractivity contribution in [1.29, 1.82) is 0 Å². The number of rotatable bonds is 13. The fraction of sp³-hybridized carbons (Fsp3) is 1.00. The van der Waals surface area contributed by atoms with E-state index in [1.54, 1.807) is 0 Å². The van der Waals surface area contributed by atoms with E-state index in [1.807, 2.05) is 0 Å². The Labute approximate surface area is 237 Å². The molecule has 18 N–H and O–H groups in total. The molecule has 41 heavy (non-hydrogen) atoms. The predicted molar refractivity (Wildman–Crippen MR) is 140 cm³/mol. The van der Waals surface area contributed by atoms with E-state index in [0.717, 1.165) is 0 Å². The molecular weight excluding hydrogens is 552 g/mol. The van der Waals surface area contributed by atoms with Gasteiger partial charge < -0.3 is 93.4 Å². The van der Waals surface area contributed by atoms with E-state index in [4.69, 9.17) is 47.0 Å². The molecule has 3 fully saturated rings. The van der Waals surface area contributed by atoms with Crippen molar-refractivity contribution in [3.05, 3.63) is 0 Å². The maximum absolute atomic E-state index is 11.5. The van der Waals surface area contributed by atoms with Crippen molar-refractivity contribution in [2.24, 2.45) is 22.9 Å². The number of nitrogens with two attached hydrogens (primary N) is 4. The van der Waals surface area contributed by atoms with Crippen LogP contribution in [-0.4, -0.2) is 178 Å². The van der Waals surface area contributed by atoms with Gasteiger partial charge in [0.25, 0.3) is 0 Å². The van der Waals surface area contributed by atoms with E-state index in [9.17, 15) is 35.7 Å². The molecule has 16 atom stereocenters. The first-order chi connectivity index (χ1) is 19.4. The summed E-state index contributed by atoms with van der Waals surface area (Å²) < 4.78 is 23.3. The molecule has 18 heteroatoms. The zero-order chi connectivity index (χ0) is 30.4. The largest absolute Gasteiger partial charge is 0.395 e. The van der Waals surface area contributed by atoms with Gasteiger partial charge in [0.2, 0.25) is 0 Å². The maximum Gasteiger partial charge on any atom is 0.186 e. The van der Waals surface area contributed by atoms with Crippen LogP contribution < -0.4 is 33.6 Å². The topological polar surface area (TPSA) is 327 Å². The molecule has 242 valence electrons. The second-order valence-electron chi connectivity index (χ2n) is 10.8. The van der Waals surface area contributed by atoms with Gasteiger partial charge in [0.15, 0.2) is 12.6 Å². The number of aliphatic hydroxyl groups excluding tert-OH is 8. The van der Waals surface area contributed by atoms with Crippen LogP contribution in [0.5, 0.6) is 0 Å². The fourth-order valence-corrected chi connectivity index (χ4v) is 5.27. The summed E-state index contributed by atoms with van der Waals surface area (Å²) >= 11 is 0. The minimum atomic E-state index is -1.54. The summed E-state index contributed by atoms with van der Waals surface area (Å²) in [5, 5.41) is 87.6. The van der Waals surface area contributed by atoms with Crippen LogP contribution >= 0.6 is 0 Å². The predicted octanol–water partition coefficient (Wildman–Crippen LogP) is -8.75. The Morgan fingerprint density at radius 2 is 1.46 bits per heavy atom. The van der Waals surface area contributed by atoms with Crippen LogP contribution in [0, 0.1) is 0 Å². The Morgan fingerprint density at radius 1 is 0.805 bits per heavy atom. The highest BCUT2D eigenvalue weighted by Gasteiger charge is 2.52. The molecule has 18 nitrogen and oxygen atoms in total. The fourth-order valence-electron chi connectivity index (χ4n) is 5.27. The minimum Gasteiger partial charge on any atom is -0.395 e. The van der Waals surface area contributed by atoms with Gasteiger partial charge in [-0.3, -0.25) is 0 Å². The average Bonchev–Trinajstić information content (AvgIpc) is 2.96. The van der Waals surface area contributed by atoms with Crippen molar-refractivity contribution in [2.45, 2.75) is 104 Å². The summed E-state index contributed by atoms with van der Waals surface area (Å²) in [5.41, 5.74) is 23.9. The van der Waals surface area contributed by atoms with Gasteiger partial charge in [0.1, 0.15) is 54.9 Å². The monoisotopic (exact) mass is 600 g/mol. The summed E-state index contributed by atoms with van der Waals surface area (Å²) in [6, 6.07) is -4.03. The standard InChI is InChI=1S/C23H48N6O12/c24-4-8(32)5-29-10-3-9(25)20(40-22-14(27)17(35)16(34)11(38-22)6-28-1-2-30)19(37)21(10)41-23-18(36)13(26)15(33)12(7-31)39-23/h8-23,28-37H,1-7,24-27H2/t8?,9-,10+,11+,12+,13-,14+,15+,16+,17+,18+,19-,20?,21-,22+,23+/m0/s1. The van der Waals surface area contributed by atoms with E-state index in [2.05, 4.69) is 10.6 Å². The Balaban J connectivity index is 1.79. The lowest BCUT2D eigenvalue weighted by atomic mass is 9.83. The molecule has 0 amide bonds. The van der Waals surface area contributed by atoms with Crippen LogP contribution in [0.4, 0.5) is 0 Å². The molecule has 3 rings (SSSR count). The highest BCUT2D eigenvalue weighted by Crippen LogP contribution is 2.31. The lowest BCUT2D eigenvalue weighted by Gasteiger charge is -2.49. The van der Waals surface area contributed by atoms with Gasteiger partial charge in [-0.2, -0.15) is 0 Å². The van der Waals surface area contributed by atoms with Crippen LogP contribution in [-0.2, 0) is 18.9 Å². The Morgan fingerprint density at radius 3 is 2.10 bits per heavy atom. The van der Waals surface area contributed by atoms with Crippen molar-refractivity contribution in [1.82, 2.24) is 10.6 Å². The van der Waals surface area contributed by atoms with Gasteiger partial charge in [0.05, 0.1) is 31.4 Å². The Hall–Kier alpha value is -0.720. The van der Waals surface area contributed by atoms with Gasteiger partial charge in [-0.25, -0.2) is 0 Å². The normalized spacial score (nSPS) is 46.4. The Bertz CT molecular complexity index is 779. The van der Waals surface area contributed by atoms with E-state index >= 15 is 0 Å². The third-order valence-electron chi connectivity index (χ3n) is 7.81. The van der Waals surface area contributed by atoms with E-state index in [0.29, 0.717) is 0 Å². The van der Waals surface area contributed by atoms with Gasteiger partial charge in [-0.05, 0) is 6.42 Å². The molecule has 2 saturated heterocycles. The number of aliphatic hydroxyl groups is 8. The molecule has 1 saturated carbocycles.